The number of hydrogen-bond donors (Lipinski definition) is 2. The molecule has 0 spiro atoms. The van der Waals surface area contributed by atoms with E-state index in [2.05, 4.69) is 10.6 Å². The zero-order chi connectivity index (χ0) is 16.4. The summed E-state index contributed by atoms with van der Waals surface area (Å²) in [5.74, 6) is 0.527. The summed E-state index contributed by atoms with van der Waals surface area (Å²) < 4.78 is 5.52. The number of nitrogens with one attached hydrogen (secondary N) is 2. The molecule has 0 aliphatic heterocycles. The molecular formula is C17H13ClN2O2S. The normalized spacial score (nSPS) is 10.5. The summed E-state index contributed by atoms with van der Waals surface area (Å²) in [5, 5.41) is 7.29. The molecule has 1 aromatic heterocycles. The summed E-state index contributed by atoms with van der Waals surface area (Å²) in [6.07, 6.45) is 0. The van der Waals surface area contributed by atoms with Crippen molar-refractivity contribution in [1.29, 1.82) is 0 Å². The molecule has 3 rings (SSSR count). The fourth-order valence-electron chi connectivity index (χ4n) is 2.22. The maximum atomic E-state index is 12.1. The molecule has 0 saturated carbocycles. The molecule has 6 heteroatoms. The highest BCUT2D eigenvalue weighted by molar-refractivity contribution is 7.80. The van der Waals surface area contributed by atoms with Gasteiger partial charge in [-0.3, -0.25) is 10.1 Å². The number of carbonyl (C=O) groups is 1. The van der Waals surface area contributed by atoms with Gasteiger partial charge in [-0.25, -0.2) is 0 Å². The van der Waals surface area contributed by atoms with Crippen LogP contribution in [0.5, 0.6) is 0 Å². The van der Waals surface area contributed by atoms with Gasteiger partial charge in [0.1, 0.15) is 11.3 Å². The van der Waals surface area contributed by atoms with Gasteiger partial charge in [0.05, 0.1) is 0 Å². The summed E-state index contributed by atoms with van der Waals surface area (Å²) >= 11 is 11.0. The first kappa shape index (κ1) is 15.5. The van der Waals surface area contributed by atoms with Crippen LogP contribution in [0, 0.1) is 6.92 Å². The molecule has 0 unspecified atom stereocenters. The van der Waals surface area contributed by atoms with Gasteiger partial charge >= 0.3 is 0 Å². The lowest BCUT2D eigenvalue weighted by Gasteiger charge is -2.09. The summed E-state index contributed by atoms with van der Waals surface area (Å²) in [6.45, 7) is 1.89. The van der Waals surface area contributed by atoms with E-state index in [4.69, 9.17) is 28.2 Å². The van der Waals surface area contributed by atoms with Crippen molar-refractivity contribution in [3.8, 4) is 0 Å². The Kier molecular flexibility index (Phi) is 4.32. The van der Waals surface area contributed by atoms with Crippen molar-refractivity contribution >= 4 is 51.5 Å². The number of amides is 1. The molecule has 4 nitrogen and oxygen atoms in total. The van der Waals surface area contributed by atoms with E-state index in [0.29, 0.717) is 10.6 Å². The van der Waals surface area contributed by atoms with Crippen LogP contribution in [0.4, 0.5) is 5.69 Å². The van der Waals surface area contributed by atoms with Gasteiger partial charge in [0.15, 0.2) is 5.11 Å². The van der Waals surface area contributed by atoms with Crippen LogP contribution in [-0.2, 0) is 0 Å². The van der Waals surface area contributed by atoms with E-state index >= 15 is 0 Å². The number of halogens is 1. The maximum absolute atomic E-state index is 12.1. The van der Waals surface area contributed by atoms with Crippen LogP contribution in [0.25, 0.3) is 11.0 Å². The molecule has 1 amide bonds. The molecule has 1 heterocycles. The smallest absolute Gasteiger partial charge is 0.257 e. The molecule has 0 fully saturated rings. The van der Waals surface area contributed by atoms with Crippen LogP contribution in [0.2, 0.25) is 5.02 Å². The van der Waals surface area contributed by atoms with Crippen molar-refractivity contribution in [2.45, 2.75) is 6.92 Å². The molecule has 2 aromatic carbocycles. The molecule has 0 aliphatic carbocycles. The second-order valence-corrected chi connectivity index (χ2v) is 5.87. The van der Waals surface area contributed by atoms with Crippen molar-refractivity contribution < 1.29 is 9.21 Å². The first-order valence-corrected chi connectivity index (χ1v) is 7.68. The van der Waals surface area contributed by atoms with E-state index in [-0.39, 0.29) is 11.0 Å². The predicted molar refractivity (Wildman–Crippen MR) is 96.1 cm³/mol. The highest BCUT2D eigenvalue weighted by atomic mass is 35.5. The molecule has 3 aromatic rings. The Morgan fingerprint density at radius 2 is 2.00 bits per heavy atom. The number of rotatable bonds is 2. The average Bonchev–Trinajstić information content (AvgIpc) is 2.86. The zero-order valence-electron chi connectivity index (χ0n) is 12.2. The van der Waals surface area contributed by atoms with Gasteiger partial charge in [-0.15, -0.1) is 0 Å². The van der Waals surface area contributed by atoms with E-state index in [9.17, 15) is 4.79 Å². The van der Waals surface area contributed by atoms with E-state index in [1.807, 2.05) is 31.2 Å². The second kappa shape index (κ2) is 6.40. The lowest BCUT2D eigenvalue weighted by atomic mass is 10.2. The van der Waals surface area contributed by atoms with Gasteiger partial charge in [-0.05, 0) is 61.6 Å². The third-order valence-electron chi connectivity index (χ3n) is 3.21. The van der Waals surface area contributed by atoms with Crippen molar-refractivity contribution in [2.75, 3.05) is 5.32 Å². The SMILES string of the molecule is Cc1cc2cc(NC(=S)NC(=O)c3cccc(Cl)c3)ccc2o1. The predicted octanol–water partition coefficient (Wildman–Crippen LogP) is 4.52. The number of thiocarbonyl (C=S) groups is 1. The van der Waals surface area contributed by atoms with Gasteiger partial charge in [0.2, 0.25) is 0 Å². The van der Waals surface area contributed by atoms with Crippen molar-refractivity contribution in [3.05, 3.63) is 64.9 Å². The first-order chi connectivity index (χ1) is 11.0. The molecule has 0 atom stereocenters. The largest absolute Gasteiger partial charge is 0.461 e. The molecule has 2 N–H and O–H groups in total. The summed E-state index contributed by atoms with van der Waals surface area (Å²) in [5.41, 5.74) is 2.03. The molecular weight excluding hydrogens is 332 g/mol. The zero-order valence-corrected chi connectivity index (χ0v) is 13.8. The van der Waals surface area contributed by atoms with Crippen molar-refractivity contribution in [3.63, 3.8) is 0 Å². The number of benzene rings is 2. The fraction of sp³-hybridized carbons (Fsp3) is 0.0588. The highest BCUT2D eigenvalue weighted by Crippen LogP contribution is 2.22. The third-order valence-corrected chi connectivity index (χ3v) is 3.65. The van der Waals surface area contributed by atoms with Crippen LogP contribution in [-0.4, -0.2) is 11.0 Å². The Balaban J connectivity index is 1.69. The van der Waals surface area contributed by atoms with Gasteiger partial charge < -0.3 is 9.73 Å². The average molecular weight is 345 g/mol. The van der Waals surface area contributed by atoms with Crippen LogP contribution in [0.15, 0.2) is 52.9 Å². The number of furan rings is 1. The Bertz CT molecular complexity index is 904. The van der Waals surface area contributed by atoms with Crippen LogP contribution in [0.3, 0.4) is 0 Å². The minimum Gasteiger partial charge on any atom is -0.461 e. The van der Waals surface area contributed by atoms with Crippen molar-refractivity contribution in [2.24, 2.45) is 0 Å². The number of fused-ring (bicyclic) bond motifs is 1. The lowest BCUT2D eigenvalue weighted by molar-refractivity contribution is 0.0977. The Morgan fingerprint density at radius 1 is 1.17 bits per heavy atom. The number of aryl methyl sites for hydroxylation is 1. The minimum absolute atomic E-state index is 0.217. The van der Waals surface area contributed by atoms with Gasteiger partial charge in [0, 0.05) is 21.7 Å². The number of carbonyl (C=O) groups excluding carboxylic acids is 1. The fourth-order valence-corrected chi connectivity index (χ4v) is 2.62. The molecule has 0 radical (unpaired) electrons. The molecule has 0 bridgehead atoms. The first-order valence-electron chi connectivity index (χ1n) is 6.89. The monoisotopic (exact) mass is 344 g/mol. The topological polar surface area (TPSA) is 54.3 Å². The standard InChI is InChI=1S/C17H13ClN2O2S/c1-10-7-12-9-14(5-6-15(12)22-10)19-17(23)20-16(21)11-3-2-4-13(18)8-11/h2-9H,1H3,(H2,19,20,21,23). The highest BCUT2D eigenvalue weighted by Gasteiger charge is 2.09. The van der Waals surface area contributed by atoms with Crippen LogP contribution < -0.4 is 10.6 Å². The Morgan fingerprint density at radius 3 is 2.78 bits per heavy atom. The molecule has 23 heavy (non-hydrogen) atoms. The van der Waals surface area contributed by atoms with Crippen molar-refractivity contribution in [1.82, 2.24) is 5.32 Å². The molecule has 0 aliphatic rings. The van der Waals surface area contributed by atoms with E-state index < -0.39 is 0 Å². The third kappa shape index (κ3) is 3.70. The van der Waals surface area contributed by atoms with E-state index in [1.54, 1.807) is 24.3 Å². The summed E-state index contributed by atoms with van der Waals surface area (Å²) in [4.78, 5) is 12.1. The van der Waals surface area contributed by atoms with Gasteiger partial charge in [-0.2, -0.15) is 0 Å². The minimum atomic E-state index is -0.315. The number of anilines is 1. The van der Waals surface area contributed by atoms with Gasteiger partial charge in [0.25, 0.3) is 5.91 Å². The van der Waals surface area contributed by atoms with E-state index in [0.717, 1.165) is 22.4 Å². The summed E-state index contributed by atoms with van der Waals surface area (Å²) in [7, 11) is 0. The summed E-state index contributed by atoms with van der Waals surface area (Å²) in [6, 6.07) is 14.2. The van der Waals surface area contributed by atoms with Crippen LogP contribution in [0.1, 0.15) is 16.1 Å². The van der Waals surface area contributed by atoms with E-state index in [1.165, 1.54) is 0 Å². The second-order valence-electron chi connectivity index (χ2n) is 5.03. The maximum Gasteiger partial charge on any atom is 0.257 e. The lowest BCUT2D eigenvalue weighted by Crippen LogP contribution is -2.34. The Hall–Kier alpha value is -2.37. The van der Waals surface area contributed by atoms with Crippen LogP contribution >= 0.6 is 23.8 Å². The number of hydrogen-bond acceptors (Lipinski definition) is 3. The Labute approximate surface area is 143 Å². The quantitative estimate of drug-likeness (QED) is 0.671. The molecule has 116 valence electrons. The van der Waals surface area contributed by atoms with Gasteiger partial charge in [-0.1, -0.05) is 17.7 Å². The molecule has 0 saturated heterocycles.